The maximum absolute atomic E-state index is 12.0. The number of carbonyl (C=O) groups is 2. The molecule has 0 fully saturated rings. The lowest BCUT2D eigenvalue weighted by Crippen LogP contribution is -2.36. The molecule has 0 saturated carbocycles. The minimum Gasteiger partial charge on any atom is -0.497 e. The number of amides is 2. The van der Waals surface area contributed by atoms with E-state index in [1.54, 1.807) is 30.5 Å². The van der Waals surface area contributed by atoms with Crippen molar-refractivity contribution in [1.82, 2.24) is 14.9 Å². The van der Waals surface area contributed by atoms with E-state index >= 15 is 0 Å². The Morgan fingerprint density at radius 2 is 1.89 bits per heavy atom. The summed E-state index contributed by atoms with van der Waals surface area (Å²) >= 11 is 0. The summed E-state index contributed by atoms with van der Waals surface area (Å²) in [6, 6.07) is 16.7. The summed E-state index contributed by atoms with van der Waals surface area (Å²) in [4.78, 5) is 28.4. The first kappa shape index (κ1) is 19.2. The third-order valence-corrected chi connectivity index (χ3v) is 4.14. The SMILES string of the molecule is COc1cccc(NC(=O)C(=O)NCCCn2ccnc2-c2ccccc2)c1. The summed E-state index contributed by atoms with van der Waals surface area (Å²) in [5.74, 6) is 0.105. The molecule has 3 rings (SSSR count). The van der Waals surface area contributed by atoms with E-state index in [9.17, 15) is 9.59 Å². The number of hydrogen-bond donors (Lipinski definition) is 2. The van der Waals surface area contributed by atoms with Gasteiger partial charge in [-0.15, -0.1) is 0 Å². The summed E-state index contributed by atoms with van der Waals surface area (Å²) in [7, 11) is 1.54. The fourth-order valence-electron chi connectivity index (χ4n) is 2.76. The average Bonchev–Trinajstić information content (AvgIpc) is 3.20. The van der Waals surface area contributed by atoms with Crippen LogP contribution in [0, 0.1) is 0 Å². The molecule has 3 aromatic rings. The monoisotopic (exact) mass is 378 g/mol. The molecule has 7 heteroatoms. The molecular formula is C21H22N4O3. The molecule has 0 bridgehead atoms. The highest BCUT2D eigenvalue weighted by molar-refractivity contribution is 6.39. The lowest BCUT2D eigenvalue weighted by atomic mass is 10.2. The molecule has 7 nitrogen and oxygen atoms in total. The van der Waals surface area contributed by atoms with Gasteiger partial charge in [0, 0.05) is 42.8 Å². The van der Waals surface area contributed by atoms with Crippen LogP contribution in [0.25, 0.3) is 11.4 Å². The van der Waals surface area contributed by atoms with Gasteiger partial charge in [0.25, 0.3) is 0 Å². The fourth-order valence-corrected chi connectivity index (χ4v) is 2.76. The Labute approximate surface area is 163 Å². The molecule has 1 heterocycles. The predicted molar refractivity (Wildman–Crippen MR) is 107 cm³/mol. The van der Waals surface area contributed by atoms with Gasteiger partial charge in [-0.1, -0.05) is 36.4 Å². The van der Waals surface area contributed by atoms with Crippen molar-refractivity contribution in [1.29, 1.82) is 0 Å². The summed E-state index contributed by atoms with van der Waals surface area (Å²) in [6.45, 7) is 1.07. The van der Waals surface area contributed by atoms with Gasteiger partial charge in [0.1, 0.15) is 11.6 Å². The van der Waals surface area contributed by atoms with Crippen LogP contribution in [-0.4, -0.2) is 35.0 Å². The first-order valence-corrected chi connectivity index (χ1v) is 8.97. The molecular weight excluding hydrogens is 356 g/mol. The van der Waals surface area contributed by atoms with Gasteiger partial charge in [-0.05, 0) is 18.6 Å². The van der Waals surface area contributed by atoms with E-state index in [2.05, 4.69) is 15.6 Å². The second-order valence-electron chi connectivity index (χ2n) is 6.11. The van der Waals surface area contributed by atoms with Crippen LogP contribution in [0.2, 0.25) is 0 Å². The number of methoxy groups -OCH3 is 1. The molecule has 2 N–H and O–H groups in total. The zero-order valence-electron chi connectivity index (χ0n) is 15.6. The molecule has 0 aliphatic rings. The molecule has 0 atom stereocenters. The molecule has 0 unspecified atom stereocenters. The van der Waals surface area contributed by atoms with Gasteiger partial charge >= 0.3 is 11.8 Å². The van der Waals surface area contributed by atoms with Gasteiger partial charge in [0.05, 0.1) is 7.11 Å². The molecule has 1 aromatic heterocycles. The third kappa shape index (κ3) is 4.97. The Morgan fingerprint density at radius 1 is 1.07 bits per heavy atom. The smallest absolute Gasteiger partial charge is 0.313 e. The molecule has 2 aromatic carbocycles. The molecule has 0 radical (unpaired) electrons. The Kier molecular flexibility index (Phi) is 6.41. The van der Waals surface area contributed by atoms with E-state index in [0.29, 0.717) is 30.9 Å². The minimum absolute atomic E-state index is 0.386. The first-order valence-electron chi connectivity index (χ1n) is 8.97. The number of nitrogens with zero attached hydrogens (tertiary/aromatic N) is 2. The van der Waals surface area contributed by atoms with Crippen molar-refractivity contribution in [3.05, 3.63) is 67.0 Å². The van der Waals surface area contributed by atoms with Gasteiger partial charge in [0.15, 0.2) is 0 Å². The highest BCUT2D eigenvalue weighted by Crippen LogP contribution is 2.17. The van der Waals surface area contributed by atoms with Crippen LogP contribution in [0.15, 0.2) is 67.0 Å². The standard InChI is InChI=1S/C21H22N4O3/c1-28-18-10-5-9-17(15-18)24-21(27)20(26)23-11-6-13-25-14-12-22-19(25)16-7-3-2-4-8-16/h2-5,7-10,12,14-15H,6,11,13H2,1H3,(H,23,26)(H,24,27). The zero-order valence-corrected chi connectivity index (χ0v) is 15.6. The normalized spacial score (nSPS) is 10.3. The second-order valence-corrected chi connectivity index (χ2v) is 6.11. The summed E-state index contributed by atoms with van der Waals surface area (Å²) in [6.07, 6.45) is 4.33. The number of aromatic nitrogens is 2. The first-order chi connectivity index (χ1) is 13.7. The summed E-state index contributed by atoms with van der Waals surface area (Å²) < 4.78 is 7.12. The van der Waals surface area contributed by atoms with Crippen molar-refractivity contribution in [2.75, 3.05) is 19.0 Å². The van der Waals surface area contributed by atoms with E-state index in [4.69, 9.17) is 4.74 Å². The van der Waals surface area contributed by atoms with E-state index < -0.39 is 11.8 Å². The second kappa shape index (κ2) is 9.36. The van der Waals surface area contributed by atoms with Crippen LogP contribution in [0.3, 0.4) is 0 Å². The molecule has 0 spiro atoms. The molecule has 0 aliphatic heterocycles. The van der Waals surface area contributed by atoms with Crippen molar-refractivity contribution in [3.63, 3.8) is 0 Å². The van der Waals surface area contributed by atoms with Crippen LogP contribution in [0.1, 0.15) is 6.42 Å². The largest absolute Gasteiger partial charge is 0.497 e. The van der Waals surface area contributed by atoms with Crippen molar-refractivity contribution < 1.29 is 14.3 Å². The maximum atomic E-state index is 12.0. The number of nitrogens with one attached hydrogen (secondary N) is 2. The van der Waals surface area contributed by atoms with E-state index in [1.807, 2.05) is 41.1 Å². The Balaban J connectivity index is 1.46. The van der Waals surface area contributed by atoms with E-state index in [1.165, 1.54) is 7.11 Å². The number of ether oxygens (including phenoxy) is 1. The molecule has 144 valence electrons. The average molecular weight is 378 g/mol. The van der Waals surface area contributed by atoms with E-state index in [-0.39, 0.29) is 0 Å². The Hall–Kier alpha value is -3.61. The van der Waals surface area contributed by atoms with Crippen LogP contribution < -0.4 is 15.4 Å². The maximum Gasteiger partial charge on any atom is 0.313 e. The predicted octanol–water partition coefficient (Wildman–Crippen LogP) is 2.70. The van der Waals surface area contributed by atoms with E-state index in [0.717, 1.165) is 11.4 Å². The summed E-state index contributed by atoms with van der Waals surface area (Å²) in [5.41, 5.74) is 1.54. The molecule has 28 heavy (non-hydrogen) atoms. The Morgan fingerprint density at radius 3 is 2.68 bits per heavy atom. The van der Waals surface area contributed by atoms with Crippen LogP contribution >= 0.6 is 0 Å². The van der Waals surface area contributed by atoms with Gasteiger partial charge in [-0.3, -0.25) is 9.59 Å². The third-order valence-electron chi connectivity index (χ3n) is 4.14. The topological polar surface area (TPSA) is 85.2 Å². The number of imidazole rings is 1. The van der Waals surface area contributed by atoms with Crippen LogP contribution in [0.4, 0.5) is 5.69 Å². The van der Waals surface area contributed by atoms with Crippen LogP contribution in [0.5, 0.6) is 5.75 Å². The van der Waals surface area contributed by atoms with Crippen molar-refractivity contribution >= 4 is 17.5 Å². The number of hydrogen-bond acceptors (Lipinski definition) is 4. The fraction of sp³-hybridized carbons (Fsp3) is 0.190. The minimum atomic E-state index is -0.708. The highest BCUT2D eigenvalue weighted by atomic mass is 16.5. The highest BCUT2D eigenvalue weighted by Gasteiger charge is 2.13. The summed E-state index contributed by atoms with van der Waals surface area (Å²) in [5, 5.41) is 5.19. The number of aryl methyl sites for hydroxylation is 1. The van der Waals surface area contributed by atoms with Crippen LogP contribution in [-0.2, 0) is 16.1 Å². The Bertz CT molecular complexity index is 938. The van der Waals surface area contributed by atoms with Crippen molar-refractivity contribution in [2.24, 2.45) is 0 Å². The lowest BCUT2D eigenvalue weighted by Gasteiger charge is -2.09. The molecule has 0 aliphatic carbocycles. The quantitative estimate of drug-likeness (QED) is 0.489. The number of anilines is 1. The lowest BCUT2D eigenvalue weighted by molar-refractivity contribution is -0.136. The molecule has 0 saturated heterocycles. The van der Waals surface area contributed by atoms with Crippen molar-refractivity contribution in [2.45, 2.75) is 13.0 Å². The molecule has 2 amide bonds. The van der Waals surface area contributed by atoms with Gasteiger partial charge in [0.2, 0.25) is 0 Å². The number of carbonyl (C=O) groups excluding carboxylic acids is 2. The van der Waals surface area contributed by atoms with Gasteiger partial charge in [-0.25, -0.2) is 4.98 Å². The van der Waals surface area contributed by atoms with Gasteiger partial charge < -0.3 is 19.9 Å². The van der Waals surface area contributed by atoms with Crippen molar-refractivity contribution in [3.8, 4) is 17.1 Å². The number of rotatable bonds is 7. The van der Waals surface area contributed by atoms with Gasteiger partial charge in [-0.2, -0.15) is 0 Å². The zero-order chi connectivity index (χ0) is 19.8. The number of benzene rings is 2.